The lowest BCUT2D eigenvalue weighted by molar-refractivity contribution is -0.140. The third-order valence-corrected chi connectivity index (χ3v) is 9.08. The molecule has 0 aliphatic carbocycles. The lowest BCUT2D eigenvalue weighted by Crippen LogP contribution is -2.52. The number of sulfonamides is 1. The van der Waals surface area contributed by atoms with Crippen LogP contribution in [0.25, 0.3) is 0 Å². The second-order valence-electron chi connectivity index (χ2n) is 9.61. The highest BCUT2D eigenvalue weighted by Crippen LogP contribution is 2.29. The van der Waals surface area contributed by atoms with Crippen molar-refractivity contribution in [1.82, 2.24) is 10.2 Å². The van der Waals surface area contributed by atoms with Gasteiger partial charge in [-0.3, -0.25) is 13.9 Å². The van der Waals surface area contributed by atoms with E-state index in [-0.39, 0.29) is 23.3 Å². The quantitative estimate of drug-likeness (QED) is 0.265. The number of halogens is 2. The van der Waals surface area contributed by atoms with E-state index < -0.39 is 28.5 Å². The first kappa shape index (κ1) is 31.5. The Bertz CT molecular complexity index is 1390. The summed E-state index contributed by atoms with van der Waals surface area (Å²) in [6.07, 6.45) is 0.300. The van der Waals surface area contributed by atoms with Gasteiger partial charge in [-0.05, 0) is 61.2 Å². The number of benzene rings is 3. The van der Waals surface area contributed by atoms with E-state index in [0.29, 0.717) is 34.3 Å². The molecule has 3 rings (SSSR count). The van der Waals surface area contributed by atoms with Gasteiger partial charge in [0.25, 0.3) is 10.0 Å². The number of carbonyl (C=O) groups excluding carboxylic acids is 2. The number of anilines is 1. The summed E-state index contributed by atoms with van der Waals surface area (Å²) in [5.41, 5.74) is 1.84. The van der Waals surface area contributed by atoms with Gasteiger partial charge in [-0.2, -0.15) is 0 Å². The van der Waals surface area contributed by atoms with E-state index in [1.807, 2.05) is 26.0 Å². The van der Waals surface area contributed by atoms with Gasteiger partial charge < -0.3 is 10.2 Å². The smallest absolute Gasteiger partial charge is 0.264 e. The van der Waals surface area contributed by atoms with Crippen molar-refractivity contribution in [2.24, 2.45) is 0 Å². The fourth-order valence-corrected chi connectivity index (χ4v) is 6.29. The number of amides is 2. The van der Waals surface area contributed by atoms with Crippen molar-refractivity contribution in [3.8, 4) is 0 Å². The average molecular weight is 605 g/mol. The summed E-state index contributed by atoms with van der Waals surface area (Å²) < 4.78 is 28.9. The van der Waals surface area contributed by atoms with Gasteiger partial charge >= 0.3 is 0 Å². The molecule has 3 aromatic carbocycles. The normalized spacial score (nSPS) is 12.2. The molecule has 3 aromatic rings. The van der Waals surface area contributed by atoms with Gasteiger partial charge in [-0.25, -0.2) is 8.42 Å². The Kier molecular flexibility index (Phi) is 11.0. The van der Waals surface area contributed by atoms with Gasteiger partial charge in [0, 0.05) is 28.7 Å². The Labute approximate surface area is 247 Å². The molecule has 10 heteroatoms. The molecule has 0 aromatic heterocycles. The van der Waals surface area contributed by atoms with Gasteiger partial charge in [0.1, 0.15) is 12.6 Å². The van der Waals surface area contributed by atoms with E-state index in [4.69, 9.17) is 23.2 Å². The maximum Gasteiger partial charge on any atom is 0.264 e. The molecule has 0 fully saturated rings. The minimum absolute atomic E-state index is 0.0483. The van der Waals surface area contributed by atoms with Crippen LogP contribution >= 0.6 is 23.2 Å². The Morgan fingerprint density at radius 3 is 2.00 bits per heavy atom. The third kappa shape index (κ3) is 7.36. The molecule has 0 heterocycles. The molecule has 0 bridgehead atoms. The van der Waals surface area contributed by atoms with E-state index in [2.05, 4.69) is 5.32 Å². The first-order chi connectivity index (χ1) is 19.0. The maximum atomic E-state index is 14.1. The Morgan fingerprint density at radius 1 is 0.875 bits per heavy atom. The SMILES string of the molecule is CCNC(=O)[C@H](CC)N(Cc1c(Cl)cccc1Cl)C(=O)CN(c1ccc(C(C)C)cc1)S(=O)(=O)c1ccccc1. The molecule has 1 N–H and O–H groups in total. The molecule has 1 atom stereocenters. The summed E-state index contributed by atoms with van der Waals surface area (Å²) in [5, 5.41) is 3.46. The summed E-state index contributed by atoms with van der Waals surface area (Å²) in [4.78, 5) is 28.5. The van der Waals surface area contributed by atoms with E-state index in [9.17, 15) is 18.0 Å². The van der Waals surface area contributed by atoms with E-state index >= 15 is 0 Å². The topological polar surface area (TPSA) is 86.8 Å². The molecule has 214 valence electrons. The second-order valence-corrected chi connectivity index (χ2v) is 12.3. The zero-order chi connectivity index (χ0) is 29.4. The van der Waals surface area contributed by atoms with Gasteiger partial charge in [0.05, 0.1) is 10.6 Å². The van der Waals surface area contributed by atoms with Crippen LogP contribution in [0.2, 0.25) is 10.0 Å². The van der Waals surface area contributed by atoms with Crippen LogP contribution in [0.5, 0.6) is 0 Å². The number of hydrogen-bond acceptors (Lipinski definition) is 4. The number of nitrogens with zero attached hydrogens (tertiary/aromatic N) is 2. The van der Waals surface area contributed by atoms with Gasteiger partial charge in [-0.1, -0.05) is 80.4 Å². The van der Waals surface area contributed by atoms with Crippen LogP contribution in [-0.4, -0.2) is 44.3 Å². The summed E-state index contributed by atoms with van der Waals surface area (Å²) in [6, 6.07) is 19.2. The molecule has 7 nitrogen and oxygen atoms in total. The van der Waals surface area contributed by atoms with Crippen molar-refractivity contribution in [3.05, 3.63) is 94.0 Å². The number of nitrogens with one attached hydrogen (secondary N) is 1. The molecule has 40 heavy (non-hydrogen) atoms. The Morgan fingerprint density at radius 2 is 1.48 bits per heavy atom. The monoisotopic (exact) mass is 603 g/mol. The minimum atomic E-state index is -4.13. The molecular formula is C30H35Cl2N3O4S. The lowest BCUT2D eigenvalue weighted by Gasteiger charge is -2.33. The van der Waals surface area contributed by atoms with Crippen LogP contribution in [0, 0.1) is 0 Å². The summed E-state index contributed by atoms with van der Waals surface area (Å²) >= 11 is 12.9. The summed E-state index contributed by atoms with van der Waals surface area (Å²) in [6.45, 7) is 7.44. The first-order valence-corrected chi connectivity index (χ1v) is 15.4. The van der Waals surface area contributed by atoms with Crippen LogP contribution in [-0.2, 0) is 26.2 Å². The highest BCUT2D eigenvalue weighted by Gasteiger charge is 2.34. The van der Waals surface area contributed by atoms with Gasteiger partial charge in [0.15, 0.2) is 0 Å². The van der Waals surface area contributed by atoms with Crippen molar-refractivity contribution < 1.29 is 18.0 Å². The Balaban J connectivity index is 2.10. The molecule has 0 unspecified atom stereocenters. The number of rotatable bonds is 12. The van der Waals surface area contributed by atoms with Crippen LogP contribution in [0.15, 0.2) is 77.7 Å². The van der Waals surface area contributed by atoms with Crippen LogP contribution in [0.1, 0.15) is 51.2 Å². The molecular weight excluding hydrogens is 569 g/mol. The number of carbonyl (C=O) groups is 2. The third-order valence-electron chi connectivity index (χ3n) is 6.58. The fraction of sp³-hybridized carbons (Fsp3) is 0.333. The maximum absolute atomic E-state index is 14.1. The summed E-state index contributed by atoms with van der Waals surface area (Å²) in [5.74, 6) is -0.671. The predicted molar refractivity (Wildman–Crippen MR) is 161 cm³/mol. The van der Waals surface area contributed by atoms with Gasteiger partial charge in [-0.15, -0.1) is 0 Å². The standard InChI is InChI=1S/C30H35Cl2N3O4S/c1-5-28(30(37)33-6-2)34(19-25-26(31)13-10-14-27(25)32)29(36)20-35(23-17-15-22(16-18-23)21(3)4)40(38,39)24-11-8-7-9-12-24/h7-18,21,28H,5-6,19-20H2,1-4H3,(H,33,37)/t28-/m0/s1. The van der Waals surface area contributed by atoms with Crippen molar-refractivity contribution in [1.29, 1.82) is 0 Å². The molecule has 0 radical (unpaired) electrons. The molecule has 0 aliphatic heterocycles. The minimum Gasteiger partial charge on any atom is -0.355 e. The first-order valence-electron chi connectivity index (χ1n) is 13.2. The van der Waals surface area contributed by atoms with Crippen LogP contribution in [0.3, 0.4) is 0 Å². The van der Waals surface area contributed by atoms with Gasteiger partial charge in [0.2, 0.25) is 11.8 Å². The van der Waals surface area contributed by atoms with Crippen molar-refractivity contribution in [3.63, 3.8) is 0 Å². The van der Waals surface area contributed by atoms with E-state index in [1.54, 1.807) is 62.4 Å². The van der Waals surface area contributed by atoms with Crippen LogP contribution in [0.4, 0.5) is 5.69 Å². The molecule has 0 saturated carbocycles. The summed E-state index contributed by atoms with van der Waals surface area (Å²) in [7, 11) is -4.13. The van der Waals surface area contributed by atoms with Crippen molar-refractivity contribution in [2.75, 3.05) is 17.4 Å². The molecule has 0 spiro atoms. The highest BCUT2D eigenvalue weighted by atomic mass is 35.5. The van der Waals surface area contributed by atoms with E-state index in [1.165, 1.54) is 17.0 Å². The molecule has 2 amide bonds. The number of likely N-dealkylation sites (N-methyl/N-ethyl adjacent to an activating group) is 1. The Hall–Kier alpha value is -3.07. The van der Waals surface area contributed by atoms with Crippen molar-refractivity contribution in [2.45, 2.75) is 57.5 Å². The van der Waals surface area contributed by atoms with Crippen molar-refractivity contribution >= 4 is 50.7 Å². The fourth-order valence-electron chi connectivity index (χ4n) is 4.34. The molecule has 0 saturated heterocycles. The lowest BCUT2D eigenvalue weighted by atomic mass is 10.0. The molecule has 0 aliphatic rings. The predicted octanol–water partition coefficient (Wildman–Crippen LogP) is 6.26. The van der Waals surface area contributed by atoms with Crippen LogP contribution < -0.4 is 9.62 Å². The van der Waals surface area contributed by atoms with E-state index in [0.717, 1.165) is 9.87 Å². The highest BCUT2D eigenvalue weighted by molar-refractivity contribution is 7.92. The second kappa shape index (κ2) is 14.0. The largest absolute Gasteiger partial charge is 0.355 e. The zero-order valence-corrected chi connectivity index (χ0v) is 25.4. The number of hydrogen-bond donors (Lipinski definition) is 1. The average Bonchev–Trinajstić information content (AvgIpc) is 2.93. The zero-order valence-electron chi connectivity index (χ0n) is 23.1.